The van der Waals surface area contributed by atoms with Crippen molar-refractivity contribution < 1.29 is 5.11 Å². The topological polar surface area (TPSA) is 49.6 Å². The number of aromatic nitrogens is 2. The number of halogens is 1. The van der Waals surface area contributed by atoms with Crippen LogP contribution in [0.1, 0.15) is 5.82 Å². The molecule has 5 heteroatoms. The third-order valence-electron chi connectivity index (χ3n) is 2.99. The van der Waals surface area contributed by atoms with Crippen LogP contribution >= 0.6 is 11.6 Å². The van der Waals surface area contributed by atoms with Crippen LogP contribution in [0.2, 0.25) is 5.15 Å². The first-order valence-corrected chi connectivity index (χ1v) is 5.68. The van der Waals surface area contributed by atoms with Gasteiger partial charge in [0.1, 0.15) is 11.6 Å². The molecule has 1 saturated heterocycles. The predicted octanol–water partition coefficient (Wildman–Crippen LogP) is 1.46. The summed E-state index contributed by atoms with van der Waals surface area (Å²) in [6, 6.07) is 3.28. The van der Waals surface area contributed by atoms with Crippen LogP contribution < -0.4 is 5.32 Å². The van der Waals surface area contributed by atoms with Crippen LogP contribution in [0, 0.1) is 5.92 Å². The number of hydrogen-bond acceptors (Lipinski definition) is 3. The Balaban J connectivity index is 2.03. The van der Waals surface area contributed by atoms with Crippen LogP contribution in [0.4, 0.5) is 0 Å². The lowest BCUT2D eigenvalue weighted by Gasteiger charge is -2.26. The highest BCUT2D eigenvalue weighted by Gasteiger charge is 2.20. The highest BCUT2D eigenvalue weighted by Crippen LogP contribution is 2.24. The molecule has 3 heterocycles. The van der Waals surface area contributed by atoms with E-state index in [-0.39, 0.29) is 5.75 Å². The molecule has 0 amide bonds. The highest BCUT2D eigenvalue weighted by atomic mass is 35.5. The molecule has 1 aliphatic heterocycles. The Hall–Kier alpha value is -1.26. The van der Waals surface area contributed by atoms with Crippen LogP contribution in [0.15, 0.2) is 18.3 Å². The summed E-state index contributed by atoms with van der Waals surface area (Å²) in [7, 11) is 0. The molecule has 3 rings (SSSR count). The summed E-state index contributed by atoms with van der Waals surface area (Å²) in [5.74, 6) is 1.83. The van der Waals surface area contributed by atoms with Crippen LogP contribution in [0.3, 0.4) is 0 Å². The number of nitrogens with one attached hydrogen (secondary N) is 1. The fourth-order valence-electron chi connectivity index (χ4n) is 1.99. The van der Waals surface area contributed by atoms with Crippen molar-refractivity contribution in [3.63, 3.8) is 0 Å². The molecule has 0 spiro atoms. The van der Waals surface area contributed by atoms with Crippen molar-refractivity contribution in [2.24, 2.45) is 5.92 Å². The van der Waals surface area contributed by atoms with E-state index in [2.05, 4.69) is 10.3 Å². The Morgan fingerprint density at radius 1 is 1.56 bits per heavy atom. The van der Waals surface area contributed by atoms with Crippen LogP contribution in [0.5, 0.6) is 5.75 Å². The van der Waals surface area contributed by atoms with Gasteiger partial charge < -0.3 is 14.8 Å². The summed E-state index contributed by atoms with van der Waals surface area (Å²) in [6.45, 7) is 2.09. The van der Waals surface area contributed by atoms with Crippen molar-refractivity contribution in [1.82, 2.24) is 14.7 Å². The lowest BCUT2D eigenvalue weighted by molar-refractivity contribution is 0.340. The molecule has 0 saturated carbocycles. The summed E-state index contributed by atoms with van der Waals surface area (Å²) >= 11 is 6.04. The molecule has 0 radical (unpaired) electrons. The SMILES string of the molecule is Oc1ccn2c(CC3CNC3)nc(Cl)c2c1. The fourth-order valence-corrected chi connectivity index (χ4v) is 2.24. The summed E-state index contributed by atoms with van der Waals surface area (Å²) in [5, 5.41) is 13.1. The zero-order chi connectivity index (χ0) is 11.1. The number of hydrogen-bond donors (Lipinski definition) is 2. The normalized spacial score (nSPS) is 16.6. The zero-order valence-corrected chi connectivity index (χ0v) is 9.41. The molecule has 0 aliphatic carbocycles. The first kappa shape index (κ1) is 9.93. The summed E-state index contributed by atoms with van der Waals surface area (Å²) < 4.78 is 1.94. The Bertz CT molecular complexity index is 533. The minimum absolute atomic E-state index is 0.214. The standard InChI is InChI=1S/C11H12ClN3O/c12-11-9-4-8(16)1-2-15(9)10(14-11)3-7-5-13-6-7/h1-2,4,7,13,16H,3,5-6H2. The van der Waals surface area contributed by atoms with E-state index < -0.39 is 0 Å². The second-order valence-corrected chi connectivity index (χ2v) is 4.55. The predicted molar refractivity (Wildman–Crippen MR) is 61.9 cm³/mol. The van der Waals surface area contributed by atoms with E-state index in [1.165, 1.54) is 0 Å². The molecule has 2 aromatic heterocycles. The van der Waals surface area contributed by atoms with Crippen molar-refractivity contribution in [1.29, 1.82) is 0 Å². The Labute approximate surface area is 97.9 Å². The lowest BCUT2D eigenvalue weighted by Crippen LogP contribution is -2.43. The molecule has 0 aromatic carbocycles. The number of aromatic hydroxyl groups is 1. The molecule has 16 heavy (non-hydrogen) atoms. The van der Waals surface area contributed by atoms with Gasteiger partial charge in [-0.15, -0.1) is 0 Å². The smallest absolute Gasteiger partial charge is 0.155 e. The summed E-state index contributed by atoms with van der Waals surface area (Å²) in [6.07, 6.45) is 2.73. The second-order valence-electron chi connectivity index (χ2n) is 4.19. The molecule has 4 nitrogen and oxygen atoms in total. The Morgan fingerprint density at radius 2 is 2.38 bits per heavy atom. The third-order valence-corrected chi connectivity index (χ3v) is 3.27. The van der Waals surface area contributed by atoms with E-state index in [0.717, 1.165) is 30.9 Å². The molecule has 2 aromatic rings. The minimum Gasteiger partial charge on any atom is -0.508 e. The largest absolute Gasteiger partial charge is 0.508 e. The van der Waals surface area contributed by atoms with E-state index in [9.17, 15) is 5.11 Å². The number of fused-ring (bicyclic) bond motifs is 1. The van der Waals surface area contributed by atoms with Crippen LogP contribution in [0.25, 0.3) is 5.52 Å². The van der Waals surface area contributed by atoms with E-state index in [1.807, 2.05) is 10.6 Å². The van der Waals surface area contributed by atoms with Gasteiger partial charge in [0.25, 0.3) is 0 Å². The number of rotatable bonds is 2. The third kappa shape index (κ3) is 1.54. The maximum atomic E-state index is 9.39. The van der Waals surface area contributed by atoms with Gasteiger partial charge in [-0.2, -0.15) is 0 Å². The zero-order valence-electron chi connectivity index (χ0n) is 8.65. The lowest BCUT2D eigenvalue weighted by atomic mass is 9.99. The van der Waals surface area contributed by atoms with E-state index >= 15 is 0 Å². The number of nitrogens with zero attached hydrogens (tertiary/aromatic N) is 2. The van der Waals surface area contributed by atoms with Gasteiger partial charge in [-0.3, -0.25) is 0 Å². The van der Waals surface area contributed by atoms with E-state index in [0.29, 0.717) is 11.1 Å². The molecule has 84 valence electrons. The van der Waals surface area contributed by atoms with Crippen LogP contribution in [-0.4, -0.2) is 27.6 Å². The van der Waals surface area contributed by atoms with Gasteiger partial charge in [0.15, 0.2) is 5.15 Å². The van der Waals surface area contributed by atoms with Gasteiger partial charge in [-0.1, -0.05) is 11.6 Å². The maximum absolute atomic E-state index is 9.39. The molecular formula is C11H12ClN3O. The van der Waals surface area contributed by atoms with Gasteiger partial charge >= 0.3 is 0 Å². The maximum Gasteiger partial charge on any atom is 0.155 e. The molecular weight excluding hydrogens is 226 g/mol. The van der Waals surface area contributed by atoms with Gasteiger partial charge in [0.05, 0.1) is 5.52 Å². The average molecular weight is 238 g/mol. The highest BCUT2D eigenvalue weighted by molar-refractivity contribution is 6.32. The molecule has 1 fully saturated rings. The van der Waals surface area contributed by atoms with Gasteiger partial charge in [-0.05, 0) is 25.1 Å². The van der Waals surface area contributed by atoms with Crippen molar-refractivity contribution >= 4 is 17.1 Å². The monoisotopic (exact) mass is 237 g/mol. The molecule has 1 aliphatic rings. The first-order chi connectivity index (χ1) is 7.74. The molecule has 0 atom stereocenters. The first-order valence-electron chi connectivity index (χ1n) is 5.30. The quantitative estimate of drug-likeness (QED) is 0.832. The summed E-state index contributed by atoms with van der Waals surface area (Å²) in [4.78, 5) is 4.34. The van der Waals surface area contributed by atoms with E-state index in [4.69, 9.17) is 11.6 Å². The molecule has 2 N–H and O–H groups in total. The fraction of sp³-hybridized carbons (Fsp3) is 0.364. The molecule has 0 unspecified atom stereocenters. The molecule has 0 bridgehead atoms. The van der Waals surface area contributed by atoms with Crippen molar-refractivity contribution in [2.45, 2.75) is 6.42 Å². The second kappa shape index (κ2) is 3.64. The van der Waals surface area contributed by atoms with Crippen molar-refractivity contribution in [2.75, 3.05) is 13.1 Å². The number of imidazole rings is 1. The van der Waals surface area contributed by atoms with E-state index in [1.54, 1.807) is 12.1 Å². The van der Waals surface area contributed by atoms with Crippen molar-refractivity contribution in [3.8, 4) is 5.75 Å². The van der Waals surface area contributed by atoms with Crippen LogP contribution in [-0.2, 0) is 6.42 Å². The van der Waals surface area contributed by atoms with Gasteiger partial charge in [0, 0.05) is 18.7 Å². The minimum atomic E-state index is 0.214. The Morgan fingerprint density at radius 3 is 3.06 bits per heavy atom. The van der Waals surface area contributed by atoms with Gasteiger partial charge in [0.2, 0.25) is 0 Å². The summed E-state index contributed by atoms with van der Waals surface area (Å²) in [5.41, 5.74) is 0.768. The average Bonchev–Trinajstić information content (AvgIpc) is 2.50. The number of pyridine rings is 1. The Kier molecular flexibility index (Phi) is 2.26. The van der Waals surface area contributed by atoms with Crippen molar-refractivity contribution in [3.05, 3.63) is 29.3 Å². The van der Waals surface area contributed by atoms with Gasteiger partial charge in [-0.25, -0.2) is 4.98 Å².